The molecule has 3 fully saturated rings. The van der Waals surface area contributed by atoms with Crippen molar-refractivity contribution in [3.63, 3.8) is 0 Å². The fourth-order valence-corrected chi connectivity index (χ4v) is 5.06. The third-order valence-corrected chi connectivity index (χ3v) is 6.23. The van der Waals surface area contributed by atoms with Crippen molar-refractivity contribution in [2.45, 2.75) is 44.1 Å². The molecule has 158 valence electrons. The van der Waals surface area contributed by atoms with Crippen LogP contribution in [-0.2, 0) is 4.79 Å². The molecule has 2 N–H and O–H groups in total. The number of carbonyl (C=O) groups is 2. The highest BCUT2D eigenvalue weighted by Gasteiger charge is 2.47. The minimum atomic E-state index is -4.88. The van der Waals surface area contributed by atoms with Gasteiger partial charge in [-0.25, -0.2) is 0 Å². The van der Waals surface area contributed by atoms with Gasteiger partial charge in [-0.1, -0.05) is 12.1 Å². The van der Waals surface area contributed by atoms with Crippen molar-refractivity contribution in [3.05, 3.63) is 29.8 Å². The number of hydrogen-bond donors (Lipinski definition) is 2. The van der Waals surface area contributed by atoms with E-state index in [0.29, 0.717) is 12.3 Å². The molecule has 4 atom stereocenters. The van der Waals surface area contributed by atoms with Crippen LogP contribution in [0.2, 0.25) is 0 Å². The van der Waals surface area contributed by atoms with Crippen LogP contribution < -0.4 is 15.4 Å². The van der Waals surface area contributed by atoms with Crippen LogP contribution in [0.4, 0.5) is 13.2 Å². The Labute approximate surface area is 166 Å². The first-order valence-corrected chi connectivity index (χ1v) is 9.98. The lowest BCUT2D eigenvalue weighted by Gasteiger charge is -2.54. The average molecular weight is 411 g/mol. The molecule has 3 aliphatic rings. The van der Waals surface area contributed by atoms with E-state index in [1.54, 1.807) is 0 Å². The van der Waals surface area contributed by atoms with Crippen LogP contribution in [0.1, 0.15) is 36.0 Å². The molecule has 0 radical (unpaired) electrons. The SMILES string of the molecule is O=C(NC[C@H]1[C@@H]2CNC[C@@H](C2)[C@@H]2CCCC(=O)N21)c1ccccc1OC(F)(F)F. The number of ether oxygens (including phenoxy) is 1. The maximum Gasteiger partial charge on any atom is 0.573 e. The lowest BCUT2D eigenvalue weighted by molar-refractivity contribution is -0.274. The molecular formula is C20H24F3N3O3. The number of para-hydroxylation sites is 1. The third-order valence-electron chi connectivity index (χ3n) is 6.23. The maximum absolute atomic E-state index is 12.6. The van der Waals surface area contributed by atoms with Crippen LogP contribution in [-0.4, -0.2) is 54.8 Å². The van der Waals surface area contributed by atoms with Gasteiger partial charge in [-0.15, -0.1) is 13.2 Å². The number of rotatable bonds is 4. The molecule has 4 rings (SSSR count). The number of alkyl halides is 3. The normalized spacial score (nSPS) is 29.2. The van der Waals surface area contributed by atoms with Crippen LogP contribution in [0.15, 0.2) is 24.3 Å². The summed E-state index contributed by atoms with van der Waals surface area (Å²) in [4.78, 5) is 27.2. The zero-order valence-corrected chi connectivity index (χ0v) is 15.9. The van der Waals surface area contributed by atoms with Gasteiger partial charge in [0.25, 0.3) is 5.91 Å². The highest BCUT2D eigenvalue weighted by Crippen LogP contribution is 2.39. The Balaban J connectivity index is 1.49. The van der Waals surface area contributed by atoms with E-state index >= 15 is 0 Å². The maximum atomic E-state index is 12.6. The van der Waals surface area contributed by atoms with Gasteiger partial charge in [-0.2, -0.15) is 0 Å². The average Bonchev–Trinajstić information content (AvgIpc) is 2.68. The number of hydrogen-bond acceptors (Lipinski definition) is 4. The molecule has 0 aliphatic carbocycles. The summed E-state index contributed by atoms with van der Waals surface area (Å²) in [5.74, 6) is -0.429. The molecule has 0 spiro atoms. The predicted molar refractivity (Wildman–Crippen MR) is 98.2 cm³/mol. The summed E-state index contributed by atoms with van der Waals surface area (Å²) in [6.45, 7) is 1.87. The number of nitrogens with one attached hydrogen (secondary N) is 2. The fourth-order valence-electron chi connectivity index (χ4n) is 5.06. The second kappa shape index (κ2) is 7.85. The van der Waals surface area contributed by atoms with Crippen LogP contribution in [0.5, 0.6) is 5.75 Å². The van der Waals surface area contributed by atoms with Crippen LogP contribution in [0.3, 0.4) is 0 Å². The van der Waals surface area contributed by atoms with Crippen LogP contribution in [0, 0.1) is 11.8 Å². The minimum Gasteiger partial charge on any atom is -0.405 e. The van der Waals surface area contributed by atoms with E-state index in [1.807, 2.05) is 4.90 Å². The third kappa shape index (κ3) is 4.19. The molecule has 1 aromatic carbocycles. The summed E-state index contributed by atoms with van der Waals surface area (Å²) in [6, 6.07) is 5.29. The van der Waals surface area contributed by atoms with Crippen LogP contribution in [0.25, 0.3) is 0 Å². The van der Waals surface area contributed by atoms with E-state index < -0.39 is 18.0 Å². The summed E-state index contributed by atoms with van der Waals surface area (Å²) in [7, 11) is 0. The van der Waals surface area contributed by atoms with E-state index in [0.717, 1.165) is 38.4 Å². The lowest BCUT2D eigenvalue weighted by atomic mass is 9.72. The molecule has 6 nitrogen and oxygen atoms in total. The number of piperidine rings is 3. The summed E-state index contributed by atoms with van der Waals surface area (Å²) in [6.07, 6.45) is -1.54. The molecule has 1 aromatic rings. The number of fused-ring (bicyclic) bond motifs is 4. The van der Waals surface area contributed by atoms with Gasteiger partial charge in [0.1, 0.15) is 5.75 Å². The molecule has 29 heavy (non-hydrogen) atoms. The van der Waals surface area contributed by atoms with Crippen molar-refractivity contribution >= 4 is 11.8 Å². The Morgan fingerprint density at radius 2 is 2.00 bits per heavy atom. The highest BCUT2D eigenvalue weighted by atomic mass is 19.4. The van der Waals surface area contributed by atoms with Crippen molar-refractivity contribution in [3.8, 4) is 5.75 Å². The van der Waals surface area contributed by atoms with E-state index in [2.05, 4.69) is 15.4 Å². The van der Waals surface area contributed by atoms with E-state index in [-0.39, 0.29) is 36.0 Å². The molecule has 3 heterocycles. The van der Waals surface area contributed by atoms with Gasteiger partial charge in [-0.3, -0.25) is 9.59 Å². The minimum absolute atomic E-state index is 0.109. The Morgan fingerprint density at radius 1 is 1.24 bits per heavy atom. The number of amides is 2. The Kier molecular flexibility index (Phi) is 5.42. The van der Waals surface area contributed by atoms with Gasteiger partial charge < -0.3 is 20.3 Å². The van der Waals surface area contributed by atoms with E-state index in [1.165, 1.54) is 18.2 Å². The van der Waals surface area contributed by atoms with Gasteiger partial charge in [0, 0.05) is 25.6 Å². The first-order valence-electron chi connectivity index (χ1n) is 9.98. The molecule has 2 bridgehead atoms. The predicted octanol–water partition coefficient (Wildman–Crippen LogP) is 2.30. The van der Waals surface area contributed by atoms with E-state index in [4.69, 9.17) is 0 Å². The molecule has 0 unspecified atom stereocenters. The van der Waals surface area contributed by atoms with Gasteiger partial charge in [-0.05, 0) is 49.8 Å². The van der Waals surface area contributed by atoms with Crippen molar-refractivity contribution in [2.75, 3.05) is 19.6 Å². The largest absolute Gasteiger partial charge is 0.573 e. The molecular weight excluding hydrogens is 387 g/mol. The Morgan fingerprint density at radius 3 is 2.79 bits per heavy atom. The summed E-state index contributed by atoms with van der Waals surface area (Å²) in [5, 5.41) is 6.17. The fraction of sp³-hybridized carbons (Fsp3) is 0.600. The van der Waals surface area contributed by atoms with Crippen molar-refractivity contribution < 1.29 is 27.5 Å². The number of halogens is 3. The summed E-state index contributed by atoms with van der Waals surface area (Å²) < 4.78 is 41.9. The molecule has 0 saturated carbocycles. The van der Waals surface area contributed by atoms with Gasteiger partial charge in [0.05, 0.1) is 11.6 Å². The smallest absolute Gasteiger partial charge is 0.405 e. The Bertz CT molecular complexity index is 786. The number of benzene rings is 1. The van der Waals surface area contributed by atoms with Gasteiger partial charge in [0.2, 0.25) is 5.91 Å². The molecule has 3 aliphatic heterocycles. The van der Waals surface area contributed by atoms with E-state index in [9.17, 15) is 22.8 Å². The summed E-state index contributed by atoms with van der Waals surface area (Å²) in [5.41, 5.74) is -0.179. The molecule has 3 saturated heterocycles. The number of nitrogens with zero attached hydrogens (tertiary/aromatic N) is 1. The zero-order valence-electron chi connectivity index (χ0n) is 15.9. The molecule has 2 amide bonds. The molecule has 9 heteroatoms. The van der Waals surface area contributed by atoms with Crippen molar-refractivity contribution in [1.29, 1.82) is 0 Å². The Hall–Kier alpha value is -2.29. The standard InChI is InChI=1S/C20H24F3N3O3/c21-20(22,23)29-17-6-2-1-4-14(17)19(28)25-11-16-13-8-12(9-24-10-13)15-5-3-7-18(27)26(15)16/h1-2,4,6,12-13,15-16,24H,3,5,7-11H2,(H,25,28)/t12-,13+,15+,16+/m1/s1. The number of carbonyl (C=O) groups excluding carboxylic acids is 2. The summed E-state index contributed by atoms with van der Waals surface area (Å²) >= 11 is 0. The zero-order chi connectivity index (χ0) is 20.6. The lowest BCUT2D eigenvalue weighted by Crippen LogP contribution is -2.66. The highest BCUT2D eigenvalue weighted by molar-refractivity contribution is 5.97. The first kappa shape index (κ1) is 20.0. The van der Waals surface area contributed by atoms with Crippen LogP contribution >= 0.6 is 0 Å². The van der Waals surface area contributed by atoms with Crippen molar-refractivity contribution in [2.24, 2.45) is 11.8 Å². The van der Waals surface area contributed by atoms with Gasteiger partial charge in [0.15, 0.2) is 0 Å². The van der Waals surface area contributed by atoms with Gasteiger partial charge >= 0.3 is 6.36 Å². The monoisotopic (exact) mass is 411 g/mol. The quantitative estimate of drug-likeness (QED) is 0.798. The van der Waals surface area contributed by atoms with Crippen molar-refractivity contribution in [1.82, 2.24) is 15.5 Å². The topological polar surface area (TPSA) is 70.7 Å². The molecule has 0 aromatic heterocycles. The first-order chi connectivity index (χ1) is 13.8. The second-order valence-electron chi connectivity index (χ2n) is 8.00. The second-order valence-corrected chi connectivity index (χ2v) is 8.00.